The number of imidazole rings is 1. The molecule has 0 bridgehead atoms. The van der Waals surface area contributed by atoms with E-state index in [0.717, 1.165) is 60.5 Å². The van der Waals surface area contributed by atoms with Gasteiger partial charge in [-0.15, -0.1) is 0 Å². The predicted molar refractivity (Wildman–Crippen MR) is 134 cm³/mol. The molecule has 1 saturated heterocycles. The molecule has 0 unspecified atom stereocenters. The quantitative estimate of drug-likeness (QED) is 0.365. The van der Waals surface area contributed by atoms with Gasteiger partial charge in [-0.25, -0.2) is 4.98 Å². The van der Waals surface area contributed by atoms with Crippen molar-refractivity contribution in [1.29, 1.82) is 5.41 Å². The first-order chi connectivity index (χ1) is 15.9. The molecule has 33 heavy (non-hydrogen) atoms. The molecule has 7 heteroatoms. The molecule has 4 N–H and O–H groups in total. The Kier molecular flexibility index (Phi) is 7.08. The topological polar surface area (TPSA) is 100 Å². The van der Waals surface area contributed by atoms with E-state index in [1.54, 1.807) is 4.90 Å². The lowest BCUT2D eigenvalue weighted by molar-refractivity contribution is -0.118. The Balaban J connectivity index is 1.41. The summed E-state index contributed by atoms with van der Waals surface area (Å²) in [6.45, 7) is 2.13. The van der Waals surface area contributed by atoms with Crippen LogP contribution in [0.1, 0.15) is 42.6 Å². The van der Waals surface area contributed by atoms with E-state index < -0.39 is 0 Å². The molecule has 2 heterocycles. The lowest BCUT2D eigenvalue weighted by Crippen LogP contribution is -2.30. The highest BCUT2D eigenvalue weighted by Gasteiger charge is 2.18. The summed E-state index contributed by atoms with van der Waals surface area (Å²) in [5.74, 6) is 1.92. The van der Waals surface area contributed by atoms with E-state index in [-0.39, 0.29) is 11.7 Å². The van der Waals surface area contributed by atoms with Crippen LogP contribution in [0.2, 0.25) is 0 Å². The summed E-state index contributed by atoms with van der Waals surface area (Å²) < 4.78 is 2.13. The van der Waals surface area contributed by atoms with Gasteiger partial charge in [0.2, 0.25) is 5.91 Å². The molecule has 174 valence electrons. The Morgan fingerprint density at radius 1 is 1.18 bits per heavy atom. The SMILES string of the molecule is CN(C(=O)CCC1CCNCC1)c1ccc2c(c1)nc(CCc1ccc(C(=N)N)cc1)n2C. The van der Waals surface area contributed by atoms with Gasteiger partial charge in [-0.05, 0) is 68.5 Å². The van der Waals surface area contributed by atoms with Crippen LogP contribution in [0, 0.1) is 11.3 Å². The van der Waals surface area contributed by atoms with Crippen LogP contribution >= 0.6 is 0 Å². The fourth-order valence-corrected chi connectivity index (χ4v) is 4.59. The van der Waals surface area contributed by atoms with Crippen molar-refractivity contribution in [3.63, 3.8) is 0 Å². The summed E-state index contributed by atoms with van der Waals surface area (Å²) in [4.78, 5) is 19.4. The molecule has 3 aromatic rings. The smallest absolute Gasteiger partial charge is 0.226 e. The summed E-state index contributed by atoms with van der Waals surface area (Å²) in [5, 5.41) is 10.9. The normalized spacial score (nSPS) is 14.5. The molecule has 0 saturated carbocycles. The number of piperidine rings is 1. The standard InChI is InChI=1S/C26H34N6O/c1-31(25(33)12-6-19-13-15-29-16-14-19)21-9-10-23-22(17-21)30-24(32(23)2)11-5-18-3-7-20(8-4-18)26(27)28/h3-4,7-10,17,19,29H,5-6,11-16H2,1-2H3,(H3,27,28). The number of amidine groups is 1. The fourth-order valence-electron chi connectivity index (χ4n) is 4.59. The molecule has 0 radical (unpaired) electrons. The van der Waals surface area contributed by atoms with Gasteiger partial charge < -0.3 is 20.5 Å². The van der Waals surface area contributed by atoms with Gasteiger partial charge in [0.25, 0.3) is 0 Å². The maximum atomic E-state index is 12.8. The minimum absolute atomic E-state index is 0.0856. The number of carbonyl (C=O) groups excluding carboxylic acids is 1. The third-order valence-corrected chi connectivity index (χ3v) is 6.85. The van der Waals surface area contributed by atoms with Gasteiger partial charge in [0.05, 0.1) is 11.0 Å². The Morgan fingerprint density at radius 2 is 1.91 bits per heavy atom. The number of aromatic nitrogens is 2. The van der Waals surface area contributed by atoms with Gasteiger partial charge in [-0.3, -0.25) is 10.2 Å². The number of hydrogen-bond donors (Lipinski definition) is 3. The Morgan fingerprint density at radius 3 is 2.61 bits per heavy atom. The van der Waals surface area contributed by atoms with Crippen LogP contribution in [0.25, 0.3) is 11.0 Å². The fraction of sp³-hybridized carbons (Fsp3) is 0.423. The molecule has 0 spiro atoms. The zero-order valence-corrected chi connectivity index (χ0v) is 19.6. The number of aryl methyl sites for hydroxylation is 3. The van der Waals surface area contributed by atoms with E-state index in [9.17, 15) is 4.79 Å². The first-order valence-electron chi connectivity index (χ1n) is 11.8. The van der Waals surface area contributed by atoms with Crippen LogP contribution in [0.3, 0.4) is 0 Å². The summed E-state index contributed by atoms with van der Waals surface area (Å²) in [6, 6.07) is 13.9. The van der Waals surface area contributed by atoms with Crippen molar-refractivity contribution in [2.45, 2.75) is 38.5 Å². The van der Waals surface area contributed by atoms with Crippen molar-refractivity contribution in [2.75, 3.05) is 25.0 Å². The first kappa shape index (κ1) is 23.0. The second-order valence-electron chi connectivity index (χ2n) is 9.06. The molecule has 4 rings (SSSR count). The van der Waals surface area contributed by atoms with E-state index in [2.05, 4.69) is 16.0 Å². The number of nitrogens with two attached hydrogens (primary N) is 1. The number of nitrogen functional groups attached to an aromatic ring is 1. The minimum Gasteiger partial charge on any atom is -0.384 e. The van der Waals surface area contributed by atoms with E-state index in [0.29, 0.717) is 12.3 Å². The van der Waals surface area contributed by atoms with Gasteiger partial charge in [-0.1, -0.05) is 24.3 Å². The van der Waals surface area contributed by atoms with Crippen molar-refractivity contribution < 1.29 is 4.79 Å². The second-order valence-corrected chi connectivity index (χ2v) is 9.06. The molecule has 1 fully saturated rings. The molecule has 1 aliphatic rings. The lowest BCUT2D eigenvalue weighted by atomic mass is 9.93. The number of fused-ring (bicyclic) bond motifs is 1. The molecule has 1 aliphatic heterocycles. The number of nitrogens with zero attached hydrogens (tertiary/aromatic N) is 3. The number of hydrogen-bond acceptors (Lipinski definition) is 4. The summed E-state index contributed by atoms with van der Waals surface area (Å²) in [6.07, 6.45) is 5.56. The van der Waals surface area contributed by atoms with Gasteiger partial charge >= 0.3 is 0 Å². The van der Waals surface area contributed by atoms with Crippen molar-refractivity contribution in [3.05, 3.63) is 59.4 Å². The number of anilines is 1. The van der Waals surface area contributed by atoms with Gasteiger partial charge in [0.15, 0.2) is 0 Å². The van der Waals surface area contributed by atoms with Crippen molar-refractivity contribution >= 4 is 28.5 Å². The van der Waals surface area contributed by atoms with Crippen LogP contribution in [0.5, 0.6) is 0 Å². The molecule has 2 aromatic carbocycles. The third kappa shape index (κ3) is 5.42. The van der Waals surface area contributed by atoms with E-state index in [1.165, 1.54) is 18.4 Å². The van der Waals surface area contributed by atoms with Gasteiger partial charge in [0.1, 0.15) is 11.7 Å². The minimum atomic E-state index is 0.0856. The van der Waals surface area contributed by atoms with Crippen LogP contribution in [0.4, 0.5) is 5.69 Å². The van der Waals surface area contributed by atoms with Crippen LogP contribution in [-0.2, 0) is 24.7 Å². The maximum Gasteiger partial charge on any atom is 0.226 e. The molecule has 1 amide bonds. The Hall–Kier alpha value is -3.19. The maximum absolute atomic E-state index is 12.8. The summed E-state index contributed by atoms with van der Waals surface area (Å²) >= 11 is 0. The number of rotatable bonds is 8. The Labute approximate surface area is 195 Å². The number of nitrogens with one attached hydrogen (secondary N) is 2. The lowest BCUT2D eigenvalue weighted by Gasteiger charge is -2.23. The predicted octanol–water partition coefficient (Wildman–Crippen LogP) is 3.39. The monoisotopic (exact) mass is 446 g/mol. The molecule has 0 atom stereocenters. The second kappa shape index (κ2) is 10.2. The average molecular weight is 447 g/mol. The molecule has 7 nitrogen and oxygen atoms in total. The molecular weight excluding hydrogens is 412 g/mol. The van der Waals surface area contributed by atoms with Crippen molar-refractivity contribution in [2.24, 2.45) is 18.7 Å². The zero-order chi connectivity index (χ0) is 23.4. The van der Waals surface area contributed by atoms with E-state index >= 15 is 0 Å². The third-order valence-electron chi connectivity index (χ3n) is 6.85. The van der Waals surface area contributed by atoms with E-state index in [4.69, 9.17) is 16.1 Å². The largest absolute Gasteiger partial charge is 0.384 e. The van der Waals surface area contributed by atoms with Crippen LogP contribution in [0.15, 0.2) is 42.5 Å². The number of carbonyl (C=O) groups is 1. The highest BCUT2D eigenvalue weighted by molar-refractivity contribution is 5.95. The summed E-state index contributed by atoms with van der Waals surface area (Å²) in [5.41, 5.74) is 10.3. The molecule has 1 aromatic heterocycles. The summed E-state index contributed by atoms with van der Waals surface area (Å²) in [7, 11) is 3.90. The molecular formula is C26H34N6O. The Bertz CT molecular complexity index is 1130. The van der Waals surface area contributed by atoms with E-state index in [1.807, 2.05) is 50.5 Å². The van der Waals surface area contributed by atoms with Gasteiger partial charge in [-0.2, -0.15) is 0 Å². The highest BCUT2D eigenvalue weighted by Crippen LogP contribution is 2.24. The highest BCUT2D eigenvalue weighted by atomic mass is 16.2. The van der Waals surface area contributed by atoms with Crippen LogP contribution < -0.4 is 16.0 Å². The first-order valence-corrected chi connectivity index (χ1v) is 11.8. The van der Waals surface area contributed by atoms with Crippen LogP contribution in [-0.4, -0.2) is 41.4 Å². The molecule has 0 aliphatic carbocycles. The number of benzene rings is 2. The average Bonchev–Trinajstić information content (AvgIpc) is 3.16. The number of amides is 1. The zero-order valence-electron chi connectivity index (χ0n) is 19.6. The van der Waals surface area contributed by atoms with Crippen molar-refractivity contribution in [1.82, 2.24) is 14.9 Å². The van der Waals surface area contributed by atoms with Crippen molar-refractivity contribution in [3.8, 4) is 0 Å². The van der Waals surface area contributed by atoms with Gasteiger partial charge in [0, 0.05) is 38.2 Å².